The van der Waals surface area contributed by atoms with E-state index in [1.807, 2.05) is 13.8 Å². The zero-order valence-corrected chi connectivity index (χ0v) is 19.8. The van der Waals surface area contributed by atoms with Crippen LogP contribution in [0.3, 0.4) is 0 Å². The standard InChI is InChI=1S/C24H29F2N5O4/c1-13(2)12-29-21-14(3-8-18(32)30-16-6-7-17(30)10-24(25,26)9-16)11-27-31(21)23(35)19(22(29)34)20(33)28-15-4-5-15/h3,8,11,13,15-17H,4-7,9-10,12H2,1-2H3,(H2,28,33,34,35)/p+1/b8-3+. The predicted molar refractivity (Wildman–Crippen MR) is 122 cm³/mol. The molecule has 0 aromatic carbocycles. The van der Waals surface area contributed by atoms with E-state index in [1.54, 1.807) is 4.90 Å². The fourth-order valence-electron chi connectivity index (χ4n) is 5.35. The Balaban J connectivity index is 1.50. The van der Waals surface area contributed by atoms with Gasteiger partial charge in [-0.1, -0.05) is 18.4 Å². The number of amides is 2. The van der Waals surface area contributed by atoms with Crippen molar-refractivity contribution in [2.75, 3.05) is 0 Å². The molecule has 2 aromatic rings. The van der Waals surface area contributed by atoms with Crippen molar-refractivity contribution in [2.24, 2.45) is 5.92 Å². The number of halogens is 2. The lowest BCUT2D eigenvalue weighted by molar-refractivity contribution is -0.686. The molecule has 2 aromatic heterocycles. The third-order valence-corrected chi connectivity index (χ3v) is 7.01. The zero-order chi connectivity index (χ0) is 25.1. The van der Waals surface area contributed by atoms with E-state index in [9.17, 15) is 28.3 Å². The zero-order valence-electron chi connectivity index (χ0n) is 19.8. The topological polar surface area (TPSA) is 111 Å². The maximum absolute atomic E-state index is 13.9. The molecule has 1 saturated carbocycles. The highest BCUT2D eigenvalue weighted by molar-refractivity contribution is 5.96. The minimum absolute atomic E-state index is 0.0127. The molecule has 0 radical (unpaired) electrons. The van der Waals surface area contributed by atoms with E-state index in [1.165, 1.54) is 27.4 Å². The smallest absolute Gasteiger partial charge is 0.378 e. The number of aromatic hydroxyl groups is 1. The molecule has 2 bridgehead atoms. The molecule has 2 amide bonds. The molecule has 3 fully saturated rings. The van der Waals surface area contributed by atoms with Gasteiger partial charge in [-0.05, 0) is 37.7 Å². The average Bonchev–Trinajstić information content (AvgIpc) is 3.39. The molecule has 3 aliphatic rings. The Morgan fingerprint density at radius 2 is 1.91 bits per heavy atom. The van der Waals surface area contributed by atoms with Crippen LogP contribution in [0, 0.1) is 5.92 Å². The van der Waals surface area contributed by atoms with Crippen LogP contribution in [0.4, 0.5) is 8.78 Å². The molecular weight excluding hydrogens is 460 g/mol. The highest BCUT2D eigenvalue weighted by atomic mass is 19.3. The van der Waals surface area contributed by atoms with Crippen molar-refractivity contribution < 1.29 is 28.0 Å². The fraction of sp³-hybridized carbons (Fsp3) is 0.583. The van der Waals surface area contributed by atoms with Crippen molar-refractivity contribution in [2.45, 2.75) is 83.0 Å². The first-order chi connectivity index (χ1) is 16.6. The van der Waals surface area contributed by atoms with Crippen molar-refractivity contribution >= 4 is 23.5 Å². The van der Waals surface area contributed by atoms with E-state index in [-0.39, 0.29) is 36.3 Å². The maximum Gasteiger partial charge on any atom is 0.378 e. The molecule has 4 heterocycles. The van der Waals surface area contributed by atoms with Gasteiger partial charge in [-0.2, -0.15) is 4.57 Å². The van der Waals surface area contributed by atoms with Gasteiger partial charge in [0, 0.05) is 37.0 Å². The molecule has 11 heteroatoms. The highest BCUT2D eigenvalue weighted by Gasteiger charge is 2.50. The van der Waals surface area contributed by atoms with Crippen LogP contribution in [-0.4, -0.2) is 55.5 Å². The van der Waals surface area contributed by atoms with Crippen molar-refractivity contribution in [3.63, 3.8) is 0 Å². The van der Waals surface area contributed by atoms with Crippen LogP contribution >= 0.6 is 0 Å². The number of H-pyrrole nitrogens is 1. The molecule has 2 atom stereocenters. The van der Waals surface area contributed by atoms with Crippen LogP contribution in [0.25, 0.3) is 11.7 Å². The minimum Gasteiger partial charge on any atom is -0.477 e. The van der Waals surface area contributed by atoms with Gasteiger partial charge in [-0.3, -0.25) is 9.59 Å². The Kier molecular flexibility index (Phi) is 5.68. The van der Waals surface area contributed by atoms with Gasteiger partial charge >= 0.3 is 17.1 Å². The molecule has 2 saturated heterocycles. The number of piperidine rings is 1. The molecular formula is C24H30F2N5O4+. The summed E-state index contributed by atoms with van der Waals surface area (Å²) in [6.45, 7) is 4.19. The summed E-state index contributed by atoms with van der Waals surface area (Å²) < 4.78 is 30.5. The molecule has 2 aliphatic heterocycles. The summed E-state index contributed by atoms with van der Waals surface area (Å²) in [6, 6.07) is -0.943. The van der Waals surface area contributed by atoms with Crippen LogP contribution < -0.4 is 15.4 Å². The maximum atomic E-state index is 13.9. The summed E-state index contributed by atoms with van der Waals surface area (Å²) in [6.07, 6.45) is 6.52. The Morgan fingerprint density at radius 3 is 2.51 bits per heavy atom. The largest absolute Gasteiger partial charge is 0.477 e. The molecule has 0 spiro atoms. The number of nitrogens with zero attached hydrogens (tertiary/aromatic N) is 3. The third kappa shape index (κ3) is 4.32. The second kappa shape index (κ2) is 8.46. The first-order valence-corrected chi connectivity index (χ1v) is 12.1. The van der Waals surface area contributed by atoms with Crippen molar-refractivity contribution in [3.8, 4) is 5.88 Å². The number of carbonyl (C=O) groups excluding carboxylic acids is 2. The summed E-state index contributed by atoms with van der Waals surface area (Å²) in [5, 5.41) is 16.5. The quantitative estimate of drug-likeness (QED) is 0.425. The predicted octanol–water partition coefficient (Wildman–Crippen LogP) is 1.97. The lowest BCUT2D eigenvalue weighted by atomic mass is 9.98. The first kappa shape index (κ1) is 23.5. The van der Waals surface area contributed by atoms with Crippen LogP contribution in [0.2, 0.25) is 0 Å². The third-order valence-electron chi connectivity index (χ3n) is 7.01. The van der Waals surface area contributed by atoms with Gasteiger partial charge in [0.15, 0.2) is 0 Å². The van der Waals surface area contributed by atoms with Crippen molar-refractivity contribution in [1.29, 1.82) is 0 Å². The fourth-order valence-corrected chi connectivity index (χ4v) is 5.35. The van der Waals surface area contributed by atoms with Gasteiger partial charge in [-0.15, -0.1) is 0 Å². The molecule has 188 valence electrons. The van der Waals surface area contributed by atoms with Gasteiger partial charge in [0.1, 0.15) is 0 Å². The van der Waals surface area contributed by atoms with E-state index in [4.69, 9.17) is 0 Å². The van der Waals surface area contributed by atoms with E-state index >= 15 is 0 Å². The number of hydrogen-bond acceptors (Lipinski definition) is 4. The summed E-state index contributed by atoms with van der Waals surface area (Å²) in [7, 11) is 0. The van der Waals surface area contributed by atoms with E-state index in [0.29, 0.717) is 30.6 Å². The van der Waals surface area contributed by atoms with Gasteiger partial charge in [-0.25, -0.2) is 18.7 Å². The van der Waals surface area contributed by atoms with Crippen molar-refractivity contribution in [3.05, 3.63) is 33.8 Å². The minimum atomic E-state index is -2.74. The molecule has 35 heavy (non-hydrogen) atoms. The Hall–Kier alpha value is -3.24. The summed E-state index contributed by atoms with van der Waals surface area (Å²) in [5.74, 6) is -4.08. The Labute approximate surface area is 200 Å². The van der Waals surface area contributed by atoms with Crippen LogP contribution in [0.15, 0.2) is 17.1 Å². The average molecular weight is 491 g/mol. The molecule has 5 rings (SSSR count). The number of aromatic nitrogens is 3. The SMILES string of the molecule is CC(C)C[n+]1c(O)c(C(=O)NC2CC2)c(=O)n2[nH]cc(/C=C/C(=O)N3C4CCC3CC(F)(F)C4)c21. The molecule has 9 nitrogen and oxygen atoms in total. The number of nitrogens with one attached hydrogen (secondary N) is 2. The molecule has 2 unspecified atom stereocenters. The number of aromatic amines is 1. The summed E-state index contributed by atoms with van der Waals surface area (Å²) in [4.78, 5) is 40.3. The number of fused-ring (bicyclic) bond motifs is 3. The van der Waals surface area contributed by atoms with Crippen LogP contribution in [-0.2, 0) is 11.3 Å². The number of alkyl halides is 2. The number of carbonyl (C=O) groups is 2. The highest BCUT2D eigenvalue weighted by Crippen LogP contribution is 2.43. The first-order valence-electron chi connectivity index (χ1n) is 12.1. The number of rotatable bonds is 6. The van der Waals surface area contributed by atoms with Crippen molar-refractivity contribution in [1.82, 2.24) is 19.8 Å². The normalized spacial score (nSPS) is 23.5. The van der Waals surface area contributed by atoms with Crippen LogP contribution in [0.5, 0.6) is 5.88 Å². The Bertz CT molecular complexity index is 1260. The van der Waals surface area contributed by atoms with E-state index in [2.05, 4.69) is 10.4 Å². The van der Waals surface area contributed by atoms with Gasteiger partial charge in [0.05, 0.1) is 18.3 Å². The molecule has 3 N–H and O–H groups in total. The van der Waals surface area contributed by atoms with Gasteiger partial charge < -0.3 is 15.3 Å². The lowest BCUT2D eigenvalue weighted by Gasteiger charge is -2.38. The molecule has 1 aliphatic carbocycles. The number of hydrogen-bond donors (Lipinski definition) is 3. The lowest BCUT2D eigenvalue weighted by Crippen LogP contribution is -2.49. The second-order valence-corrected chi connectivity index (χ2v) is 10.4. The second-order valence-electron chi connectivity index (χ2n) is 10.4. The van der Waals surface area contributed by atoms with E-state index in [0.717, 1.165) is 12.8 Å². The van der Waals surface area contributed by atoms with Gasteiger partial charge in [0.2, 0.25) is 11.5 Å². The summed E-state index contributed by atoms with van der Waals surface area (Å²) in [5.41, 5.74) is -0.274. The van der Waals surface area contributed by atoms with E-state index < -0.39 is 35.4 Å². The monoisotopic (exact) mass is 490 g/mol. The Morgan fingerprint density at radius 1 is 1.26 bits per heavy atom. The summed E-state index contributed by atoms with van der Waals surface area (Å²) >= 11 is 0. The van der Waals surface area contributed by atoms with Gasteiger partial charge in [0.25, 0.3) is 11.8 Å². The van der Waals surface area contributed by atoms with Crippen LogP contribution in [0.1, 0.15) is 68.3 Å².